The Labute approximate surface area is 114 Å². The Morgan fingerprint density at radius 1 is 1.32 bits per heavy atom. The summed E-state index contributed by atoms with van der Waals surface area (Å²) in [6.45, 7) is 1.01. The highest BCUT2D eigenvalue weighted by molar-refractivity contribution is 5.79. The van der Waals surface area contributed by atoms with Gasteiger partial charge in [0.15, 0.2) is 5.96 Å². The molecule has 5 heteroatoms. The molecule has 1 aromatic carbocycles. The smallest absolute Gasteiger partial charge is 0.192 e. The third-order valence-electron chi connectivity index (χ3n) is 2.52. The topological polar surface area (TPSA) is 54.9 Å². The van der Waals surface area contributed by atoms with Crippen LogP contribution in [0.4, 0.5) is 0 Å². The van der Waals surface area contributed by atoms with Crippen LogP contribution in [0.15, 0.2) is 23.2 Å². The molecule has 0 aliphatic rings. The minimum atomic E-state index is 0.430. The van der Waals surface area contributed by atoms with Crippen molar-refractivity contribution < 1.29 is 9.47 Å². The van der Waals surface area contributed by atoms with Crippen molar-refractivity contribution in [1.82, 2.24) is 10.6 Å². The molecule has 0 spiro atoms. The lowest BCUT2D eigenvalue weighted by Gasteiger charge is -2.13. The molecule has 0 saturated heterocycles. The van der Waals surface area contributed by atoms with E-state index in [0.717, 1.165) is 17.1 Å². The molecule has 0 radical (unpaired) electrons. The largest absolute Gasteiger partial charge is 0.497 e. The molecule has 0 unspecified atom stereocenters. The molecule has 0 amide bonds. The van der Waals surface area contributed by atoms with Gasteiger partial charge >= 0.3 is 0 Å². The minimum Gasteiger partial charge on any atom is -0.497 e. The van der Waals surface area contributed by atoms with E-state index in [9.17, 15) is 0 Å². The van der Waals surface area contributed by atoms with Crippen LogP contribution in [0, 0.1) is 12.3 Å². The molecule has 5 nitrogen and oxygen atoms in total. The molecular formula is C14H19N3O2. The fraction of sp³-hybridized carbons (Fsp3) is 0.357. The summed E-state index contributed by atoms with van der Waals surface area (Å²) in [5, 5.41) is 6.14. The molecule has 0 bridgehead atoms. The first-order valence-corrected chi connectivity index (χ1v) is 5.84. The second-order valence-corrected chi connectivity index (χ2v) is 3.66. The number of hydrogen-bond donors (Lipinski definition) is 2. The number of hydrogen-bond acceptors (Lipinski definition) is 3. The highest BCUT2D eigenvalue weighted by Gasteiger charge is 2.05. The van der Waals surface area contributed by atoms with Crippen LogP contribution in [0.5, 0.6) is 11.5 Å². The highest BCUT2D eigenvalue weighted by Crippen LogP contribution is 2.24. The van der Waals surface area contributed by atoms with Gasteiger partial charge in [-0.25, -0.2) is 0 Å². The van der Waals surface area contributed by atoms with E-state index in [1.54, 1.807) is 21.3 Å². The first-order chi connectivity index (χ1) is 9.24. The van der Waals surface area contributed by atoms with Gasteiger partial charge in [-0.1, -0.05) is 5.92 Å². The van der Waals surface area contributed by atoms with Crippen molar-refractivity contribution >= 4 is 5.96 Å². The zero-order chi connectivity index (χ0) is 14.1. The Kier molecular flexibility index (Phi) is 6.10. The molecule has 0 heterocycles. The Morgan fingerprint density at radius 2 is 2.11 bits per heavy atom. The zero-order valence-corrected chi connectivity index (χ0v) is 11.5. The normalized spacial score (nSPS) is 10.5. The van der Waals surface area contributed by atoms with Crippen molar-refractivity contribution in [3.05, 3.63) is 23.8 Å². The van der Waals surface area contributed by atoms with Crippen LogP contribution in [0.2, 0.25) is 0 Å². The van der Waals surface area contributed by atoms with Gasteiger partial charge in [0.05, 0.1) is 20.8 Å². The summed E-state index contributed by atoms with van der Waals surface area (Å²) < 4.78 is 10.5. The van der Waals surface area contributed by atoms with E-state index in [-0.39, 0.29) is 0 Å². The van der Waals surface area contributed by atoms with Crippen LogP contribution in [0.1, 0.15) is 5.56 Å². The standard InChI is InChI=1S/C14H19N3O2/c1-5-8-16-14(15-2)17-10-11-6-7-12(18-3)9-13(11)19-4/h1,6-7,9H,8,10H2,2-4H3,(H2,15,16,17). The summed E-state index contributed by atoms with van der Waals surface area (Å²) in [6, 6.07) is 5.67. The van der Waals surface area contributed by atoms with E-state index in [4.69, 9.17) is 15.9 Å². The van der Waals surface area contributed by atoms with Gasteiger partial charge in [0.2, 0.25) is 0 Å². The van der Waals surface area contributed by atoms with Crippen LogP contribution in [-0.4, -0.2) is 33.8 Å². The quantitative estimate of drug-likeness (QED) is 0.472. The number of benzene rings is 1. The van der Waals surface area contributed by atoms with Crippen LogP contribution in [0.3, 0.4) is 0 Å². The highest BCUT2D eigenvalue weighted by atomic mass is 16.5. The summed E-state index contributed by atoms with van der Waals surface area (Å²) in [4.78, 5) is 4.06. The van der Waals surface area contributed by atoms with Gasteiger partial charge in [0.25, 0.3) is 0 Å². The van der Waals surface area contributed by atoms with Crippen LogP contribution in [0.25, 0.3) is 0 Å². The molecule has 0 atom stereocenters. The molecule has 1 rings (SSSR count). The fourth-order valence-electron chi connectivity index (χ4n) is 1.53. The molecular weight excluding hydrogens is 242 g/mol. The van der Waals surface area contributed by atoms with Crippen molar-refractivity contribution in [2.45, 2.75) is 6.54 Å². The van der Waals surface area contributed by atoms with E-state index in [2.05, 4.69) is 21.5 Å². The van der Waals surface area contributed by atoms with Crippen molar-refractivity contribution in [2.24, 2.45) is 4.99 Å². The number of nitrogens with one attached hydrogen (secondary N) is 2. The summed E-state index contributed by atoms with van der Waals surface area (Å²) in [5.41, 5.74) is 1.01. The first-order valence-electron chi connectivity index (χ1n) is 5.84. The number of ether oxygens (including phenoxy) is 2. The van der Waals surface area contributed by atoms with Gasteiger partial charge in [-0.3, -0.25) is 4.99 Å². The Morgan fingerprint density at radius 3 is 2.68 bits per heavy atom. The third-order valence-corrected chi connectivity index (χ3v) is 2.52. The van der Waals surface area contributed by atoms with E-state index in [1.807, 2.05) is 18.2 Å². The maximum Gasteiger partial charge on any atom is 0.192 e. The van der Waals surface area contributed by atoms with E-state index in [0.29, 0.717) is 19.0 Å². The van der Waals surface area contributed by atoms with Gasteiger partial charge in [0, 0.05) is 25.2 Å². The number of guanidine groups is 1. The third kappa shape index (κ3) is 4.43. The predicted molar refractivity (Wildman–Crippen MR) is 76.6 cm³/mol. The lowest BCUT2D eigenvalue weighted by atomic mass is 10.2. The summed E-state index contributed by atoms with van der Waals surface area (Å²) in [6.07, 6.45) is 5.19. The number of terminal acetylenes is 1. The van der Waals surface area contributed by atoms with Crippen molar-refractivity contribution in [2.75, 3.05) is 27.8 Å². The van der Waals surface area contributed by atoms with Crippen molar-refractivity contribution in [3.63, 3.8) is 0 Å². The van der Waals surface area contributed by atoms with E-state index < -0.39 is 0 Å². The molecule has 0 aliphatic heterocycles. The minimum absolute atomic E-state index is 0.430. The predicted octanol–water partition coefficient (Wildman–Crippen LogP) is 1.00. The molecule has 102 valence electrons. The van der Waals surface area contributed by atoms with Gasteiger partial charge in [0.1, 0.15) is 11.5 Å². The van der Waals surface area contributed by atoms with Crippen LogP contribution < -0.4 is 20.1 Å². The number of rotatable bonds is 5. The molecule has 1 aromatic rings. The lowest BCUT2D eigenvalue weighted by molar-refractivity contribution is 0.390. The van der Waals surface area contributed by atoms with E-state index in [1.165, 1.54) is 0 Å². The monoisotopic (exact) mass is 261 g/mol. The number of nitrogens with zero attached hydrogens (tertiary/aromatic N) is 1. The second-order valence-electron chi connectivity index (χ2n) is 3.66. The fourth-order valence-corrected chi connectivity index (χ4v) is 1.53. The Bertz CT molecular complexity index is 478. The maximum absolute atomic E-state index is 5.32. The SMILES string of the molecule is C#CCNC(=NC)NCc1ccc(OC)cc1OC. The van der Waals surface area contributed by atoms with Gasteiger partial charge in [-0.05, 0) is 12.1 Å². The summed E-state index contributed by atoms with van der Waals surface area (Å²) >= 11 is 0. The maximum atomic E-state index is 5.32. The molecule has 0 fully saturated rings. The first kappa shape index (κ1) is 14.7. The van der Waals surface area contributed by atoms with Gasteiger partial charge in [-0.2, -0.15) is 0 Å². The van der Waals surface area contributed by atoms with Crippen molar-refractivity contribution in [3.8, 4) is 23.8 Å². The average Bonchev–Trinajstić information content (AvgIpc) is 2.47. The zero-order valence-electron chi connectivity index (χ0n) is 11.5. The second kappa shape index (κ2) is 7.88. The molecule has 19 heavy (non-hydrogen) atoms. The summed E-state index contributed by atoms with van der Waals surface area (Å²) in [7, 11) is 4.94. The molecule has 0 aromatic heterocycles. The lowest BCUT2D eigenvalue weighted by Crippen LogP contribution is -2.36. The number of aliphatic imine (C=N–C) groups is 1. The Balaban J connectivity index is 2.69. The van der Waals surface area contributed by atoms with Crippen LogP contribution in [-0.2, 0) is 6.54 Å². The van der Waals surface area contributed by atoms with Gasteiger partial charge < -0.3 is 20.1 Å². The number of methoxy groups -OCH3 is 2. The Hall–Kier alpha value is -2.35. The average molecular weight is 261 g/mol. The molecule has 0 aliphatic carbocycles. The van der Waals surface area contributed by atoms with E-state index >= 15 is 0 Å². The molecule has 2 N–H and O–H groups in total. The van der Waals surface area contributed by atoms with Crippen molar-refractivity contribution in [1.29, 1.82) is 0 Å². The summed E-state index contributed by atoms with van der Waals surface area (Å²) in [5.74, 6) is 4.67. The van der Waals surface area contributed by atoms with Crippen LogP contribution >= 0.6 is 0 Å². The van der Waals surface area contributed by atoms with Gasteiger partial charge in [-0.15, -0.1) is 6.42 Å². The molecule has 0 saturated carbocycles.